The molecule has 72 valence electrons. The molecule has 0 unspecified atom stereocenters. The summed E-state index contributed by atoms with van der Waals surface area (Å²) in [4.78, 5) is 4.28. The molecule has 0 radical (unpaired) electrons. The van der Waals surface area contributed by atoms with Gasteiger partial charge in [0.15, 0.2) is 0 Å². The summed E-state index contributed by atoms with van der Waals surface area (Å²) in [6, 6.07) is 14.3. The van der Waals surface area contributed by atoms with E-state index in [0.29, 0.717) is 0 Å². The Morgan fingerprint density at radius 2 is 1.64 bits per heavy atom. The fourth-order valence-electron chi connectivity index (χ4n) is 1.26. The lowest BCUT2D eigenvalue weighted by Crippen LogP contribution is -1.81. The monoisotopic (exact) mass is 205 g/mol. The van der Waals surface area contributed by atoms with Crippen LogP contribution in [0.15, 0.2) is 48.7 Å². The van der Waals surface area contributed by atoms with Crippen LogP contribution in [0.2, 0.25) is 0 Å². The summed E-state index contributed by atoms with van der Waals surface area (Å²) in [6.07, 6.45) is 1.81. The van der Waals surface area contributed by atoms with E-state index in [0.717, 1.165) is 5.69 Å². The molecule has 2 heteroatoms. The molecule has 2 aromatic rings. The number of nitrogens with zero attached hydrogens (tertiary/aromatic N) is 1. The van der Waals surface area contributed by atoms with E-state index < -0.39 is 0 Å². The second-order valence-electron chi connectivity index (χ2n) is 3.08. The third-order valence-corrected chi connectivity index (χ3v) is 2.01. The standard InChI is InChI=1S/C12H11N.ClH/c1-10-5-7-11(8-6-10)12-4-2-3-9-13-12;/h2-9H,1H3;1H. The van der Waals surface area contributed by atoms with Crippen LogP contribution in [0.3, 0.4) is 0 Å². The minimum Gasteiger partial charge on any atom is -0.256 e. The fourth-order valence-corrected chi connectivity index (χ4v) is 1.26. The number of benzene rings is 1. The molecule has 0 N–H and O–H groups in total. The first-order valence-corrected chi connectivity index (χ1v) is 4.34. The van der Waals surface area contributed by atoms with Gasteiger partial charge in [0.05, 0.1) is 5.69 Å². The van der Waals surface area contributed by atoms with E-state index in [4.69, 9.17) is 0 Å². The Balaban J connectivity index is 0.000000980. The predicted octanol–water partition coefficient (Wildman–Crippen LogP) is 3.48. The molecule has 0 bridgehead atoms. The van der Waals surface area contributed by atoms with Crippen molar-refractivity contribution in [2.45, 2.75) is 6.92 Å². The molecule has 0 saturated heterocycles. The van der Waals surface area contributed by atoms with Crippen LogP contribution >= 0.6 is 12.4 Å². The maximum atomic E-state index is 4.28. The smallest absolute Gasteiger partial charge is 0.0701 e. The van der Waals surface area contributed by atoms with Crippen LogP contribution in [0.4, 0.5) is 0 Å². The largest absolute Gasteiger partial charge is 0.256 e. The van der Waals surface area contributed by atoms with Crippen LogP contribution in [0, 0.1) is 6.92 Å². The lowest BCUT2D eigenvalue weighted by Gasteiger charge is -1.99. The van der Waals surface area contributed by atoms with Gasteiger partial charge in [0.25, 0.3) is 0 Å². The SMILES string of the molecule is Cc1ccc(-c2ccccn2)cc1.Cl. The van der Waals surface area contributed by atoms with Gasteiger partial charge in [0, 0.05) is 11.8 Å². The molecule has 1 aromatic carbocycles. The third kappa shape index (κ3) is 2.33. The summed E-state index contributed by atoms with van der Waals surface area (Å²) in [5.74, 6) is 0. The van der Waals surface area contributed by atoms with Gasteiger partial charge in [-0.15, -0.1) is 12.4 Å². The van der Waals surface area contributed by atoms with Crippen LogP contribution in [0.5, 0.6) is 0 Å². The summed E-state index contributed by atoms with van der Waals surface area (Å²) in [5, 5.41) is 0. The van der Waals surface area contributed by atoms with E-state index >= 15 is 0 Å². The van der Waals surface area contributed by atoms with Gasteiger partial charge in [-0.2, -0.15) is 0 Å². The maximum Gasteiger partial charge on any atom is 0.0701 e. The Labute approximate surface area is 90.2 Å². The van der Waals surface area contributed by atoms with Gasteiger partial charge in [0.1, 0.15) is 0 Å². The Kier molecular flexibility index (Phi) is 3.66. The van der Waals surface area contributed by atoms with E-state index in [1.54, 1.807) is 0 Å². The van der Waals surface area contributed by atoms with Crippen molar-refractivity contribution in [3.05, 3.63) is 54.2 Å². The van der Waals surface area contributed by atoms with E-state index in [1.807, 2.05) is 24.4 Å². The summed E-state index contributed by atoms with van der Waals surface area (Å²) in [5.41, 5.74) is 3.48. The predicted molar refractivity (Wildman–Crippen MR) is 61.7 cm³/mol. The van der Waals surface area contributed by atoms with Gasteiger partial charge < -0.3 is 0 Å². The van der Waals surface area contributed by atoms with Crippen molar-refractivity contribution in [2.24, 2.45) is 0 Å². The minimum absolute atomic E-state index is 0. The van der Waals surface area contributed by atoms with Crippen molar-refractivity contribution in [3.8, 4) is 11.3 Å². The second-order valence-corrected chi connectivity index (χ2v) is 3.08. The highest BCUT2D eigenvalue weighted by molar-refractivity contribution is 5.85. The number of halogens is 1. The van der Waals surface area contributed by atoms with E-state index in [1.165, 1.54) is 11.1 Å². The topological polar surface area (TPSA) is 12.9 Å². The van der Waals surface area contributed by atoms with Crippen LogP contribution in [0.25, 0.3) is 11.3 Å². The second kappa shape index (κ2) is 4.77. The number of aromatic nitrogens is 1. The number of hydrogen-bond acceptors (Lipinski definition) is 1. The molecule has 1 heterocycles. The van der Waals surface area contributed by atoms with Gasteiger partial charge in [-0.3, -0.25) is 4.98 Å². The average molecular weight is 206 g/mol. The van der Waals surface area contributed by atoms with Gasteiger partial charge >= 0.3 is 0 Å². The maximum absolute atomic E-state index is 4.28. The van der Waals surface area contributed by atoms with Crippen LogP contribution in [-0.4, -0.2) is 4.98 Å². The first kappa shape index (κ1) is 10.7. The van der Waals surface area contributed by atoms with E-state index in [2.05, 4.69) is 36.2 Å². The molecule has 14 heavy (non-hydrogen) atoms. The summed E-state index contributed by atoms with van der Waals surface area (Å²) in [6.45, 7) is 2.09. The molecular formula is C12H12ClN. The highest BCUT2D eigenvalue weighted by Gasteiger charge is 1.95. The molecule has 0 spiro atoms. The lowest BCUT2D eigenvalue weighted by molar-refractivity contribution is 1.32. The molecule has 0 amide bonds. The first-order valence-electron chi connectivity index (χ1n) is 4.34. The Morgan fingerprint density at radius 1 is 0.929 bits per heavy atom. The molecule has 0 aliphatic carbocycles. The van der Waals surface area contributed by atoms with Gasteiger partial charge in [0.2, 0.25) is 0 Å². The average Bonchev–Trinajstić information content (AvgIpc) is 2.20. The molecule has 0 aliphatic heterocycles. The van der Waals surface area contributed by atoms with Crippen LogP contribution in [-0.2, 0) is 0 Å². The summed E-state index contributed by atoms with van der Waals surface area (Å²) < 4.78 is 0. The van der Waals surface area contributed by atoms with Crippen molar-refractivity contribution >= 4 is 12.4 Å². The van der Waals surface area contributed by atoms with Crippen molar-refractivity contribution in [1.82, 2.24) is 4.98 Å². The number of pyridine rings is 1. The Bertz CT molecular complexity index is 381. The Morgan fingerprint density at radius 3 is 2.21 bits per heavy atom. The number of rotatable bonds is 1. The molecule has 1 nitrogen and oxygen atoms in total. The lowest BCUT2D eigenvalue weighted by atomic mass is 10.1. The molecule has 2 rings (SSSR count). The van der Waals surface area contributed by atoms with Crippen LogP contribution in [0.1, 0.15) is 5.56 Å². The number of hydrogen-bond donors (Lipinski definition) is 0. The minimum atomic E-state index is 0. The zero-order valence-corrected chi connectivity index (χ0v) is 8.79. The third-order valence-electron chi connectivity index (χ3n) is 2.01. The highest BCUT2D eigenvalue weighted by Crippen LogP contribution is 2.15. The highest BCUT2D eigenvalue weighted by atomic mass is 35.5. The summed E-state index contributed by atoms with van der Waals surface area (Å²) >= 11 is 0. The molecule has 0 fully saturated rings. The van der Waals surface area contributed by atoms with Crippen LogP contribution < -0.4 is 0 Å². The van der Waals surface area contributed by atoms with Gasteiger partial charge in [-0.25, -0.2) is 0 Å². The normalized spacial score (nSPS) is 9.21. The molecule has 0 aliphatic rings. The summed E-state index contributed by atoms with van der Waals surface area (Å²) in [7, 11) is 0. The van der Waals surface area contributed by atoms with Crippen molar-refractivity contribution < 1.29 is 0 Å². The molecule has 1 aromatic heterocycles. The molecular weight excluding hydrogens is 194 g/mol. The quantitative estimate of drug-likeness (QED) is 0.695. The molecule has 0 atom stereocenters. The zero-order chi connectivity index (χ0) is 9.10. The number of aryl methyl sites for hydroxylation is 1. The van der Waals surface area contributed by atoms with Crippen molar-refractivity contribution in [3.63, 3.8) is 0 Å². The first-order chi connectivity index (χ1) is 6.36. The van der Waals surface area contributed by atoms with Crippen molar-refractivity contribution in [1.29, 1.82) is 0 Å². The van der Waals surface area contributed by atoms with E-state index in [9.17, 15) is 0 Å². The fraction of sp³-hybridized carbons (Fsp3) is 0.0833. The van der Waals surface area contributed by atoms with Gasteiger partial charge in [-0.1, -0.05) is 35.9 Å². The zero-order valence-electron chi connectivity index (χ0n) is 7.97. The van der Waals surface area contributed by atoms with Gasteiger partial charge in [-0.05, 0) is 19.1 Å². The van der Waals surface area contributed by atoms with Crippen molar-refractivity contribution in [2.75, 3.05) is 0 Å². The molecule has 0 saturated carbocycles. The van der Waals surface area contributed by atoms with E-state index in [-0.39, 0.29) is 12.4 Å². The Hall–Kier alpha value is -1.34.